The number of aryl methyl sites for hydroxylation is 3. The molecule has 0 saturated heterocycles. The molecule has 0 radical (unpaired) electrons. The Morgan fingerprint density at radius 1 is 0.753 bits per heavy atom. The number of aromatic nitrogens is 10. The molecule has 0 spiro atoms. The summed E-state index contributed by atoms with van der Waals surface area (Å²) in [6.07, 6.45) is 4.96. The highest BCUT2D eigenvalue weighted by Crippen LogP contribution is 2.39. The van der Waals surface area contributed by atoms with Crippen molar-refractivity contribution in [3.8, 4) is 23.6 Å². The van der Waals surface area contributed by atoms with Crippen molar-refractivity contribution in [3.63, 3.8) is 0 Å². The summed E-state index contributed by atoms with van der Waals surface area (Å²) in [5, 5.41) is 73.5. The van der Waals surface area contributed by atoms with E-state index < -0.39 is 5.97 Å². The van der Waals surface area contributed by atoms with E-state index in [1.54, 1.807) is 50.5 Å². The molecule has 8 aromatic rings. The number of azo groups is 2. The van der Waals surface area contributed by atoms with Gasteiger partial charge in [0.05, 0.1) is 36.5 Å². The average molecular weight is 1210 g/mol. The number of hydrogen-bond acceptors (Lipinski definition) is 24. The number of nitrogens with one attached hydrogen (secondary N) is 5. The van der Waals surface area contributed by atoms with Crippen molar-refractivity contribution in [3.05, 3.63) is 118 Å². The number of carboxylic acid groups (broad SMARTS) is 1. The lowest BCUT2D eigenvalue weighted by Crippen LogP contribution is -2.27. The summed E-state index contributed by atoms with van der Waals surface area (Å²) in [7, 11) is 4.90. The molecule has 28 nitrogen and oxygen atoms in total. The molecule has 462 valence electrons. The quantitative estimate of drug-likeness (QED) is 0.0138. The van der Waals surface area contributed by atoms with Crippen LogP contribution < -0.4 is 31.5 Å². The summed E-state index contributed by atoms with van der Waals surface area (Å²) >= 11 is 0. The van der Waals surface area contributed by atoms with E-state index in [0.717, 1.165) is 46.1 Å². The first-order valence-corrected chi connectivity index (χ1v) is 28.9. The van der Waals surface area contributed by atoms with Gasteiger partial charge in [-0.15, -0.1) is 25.6 Å². The van der Waals surface area contributed by atoms with Crippen LogP contribution in [0, 0.1) is 50.0 Å². The number of fused-ring (bicyclic) bond motifs is 1. The van der Waals surface area contributed by atoms with E-state index in [9.17, 15) is 20.4 Å². The number of carbonyl (C=O) groups is 1. The number of methoxy groups -OCH3 is 3. The molecule has 89 heavy (non-hydrogen) atoms. The van der Waals surface area contributed by atoms with E-state index >= 15 is 0 Å². The van der Waals surface area contributed by atoms with E-state index in [4.69, 9.17) is 40.7 Å². The highest BCUT2D eigenvalue weighted by molar-refractivity contribution is 5.80. The zero-order valence-electron chi connectivity index (χ0n) is 51.6. The Morgan fingerprint density at radius 2 is 1.36 bits per heavy atom. The Labute approximate surface area is 516 Å². The van der Waals surface area contributed by atoms with Gasteiger partial charge in [-0.3, -0.25) is 9.78 Å². The molecule has 0 fully saturated rings. The van der Waals surface area contributed by atoms with Crippen LogP contribution in [-0.4, -0.2) is 140 Å². The Bertz CT molecular complexity index is 3840. The second-order valence-electron chi connectivity index (χ2n) is 20.0. The maximum absolute atomic E-state index is 11.3. The van der Waals surface area contributed by atoms with Crippen LogP contribution >= 0.6 is 0 Å². The van der Waals surface area contributed by atoms with Gasteiger partial charge in [0.2, 0.25) is 23.5 Å². The molecule has 2 aromatic carbocycles. The summed E-state index contributed by atoms with van der Waals surface area (Å²) in [5.41, 5.74) is 6.99. The number of anilines is 7. The lowest BCUT2D eigenvalue weighted by molar-refractivity contribution is -0.136. The fourth-order valence-corrected chi connectivity index (χ4v) is 9.25. The van der Waals surface area contributed by atoms with Gasteiger partial charge < -0.3 is 55.6 Å². The van der Waals surface area contributed by atoms with Crippen molar-refractivity contribution in [2.24, 2.45) is 20.5 Å². The third-order valence-electron chi connectivity index (χ3n) is 13.4. The lowest BCUT2D eigenvalue weighted by Gasteiger charge is -2.23. The molecule has 0 amide bonds. The third kappa shape index (κ3) is 17.1. The molecular formula is C61H73N23O5. The summed E-state index contributed by atoms with van der Waals surface area (Å²) in [4.78, 5) is 44.6. The Kier molecular flexibility index (Phi) is 24.3. The molecule has 28 heteroatoms. The van der Waals surface area contributed by atoms with Crippen LogP contribution in [0.5, 0.6) is 0 Å². The van der Waals surface area contributed by atoms with Gasteiger partial charge in [-0.1, -0.05) is 54.5 Å². The first-order valence-electron chi connectivity index (χ1n) is 28.9. The van der Waals surface area contributed by atoms with Crippen LogP contribution in [-0.2, 0) is 25.4 Å². The van der Waals surface area contributed by atoms with Gasteiger partial charge in [-0.25, -0.2) is 9.67 Å². The molecule has 6 N–H and O–H groups in total. The zero-order valence-corrected chi connectivity index (χ0v) is 51.6. The van der Waals surface area contributed by atoms with Crippen molar-refractivity contribution in [1.82, 2.24) is 49.5 Å². The van der Waals surface area contributed by atoms with Crippen LogP contribution in [0.15, 0.2) is 93.5 Å². The normalized spacial score (nSPS) is 11.4. The smallest absolute Gasteiger partial charge is 0.305 e. The van der Waals surface area contributed by atoms with Crippen molar-refractivity contribution < 1.29 is 24.1 Å². The molecule has 6 aromatic heterocycles. The fraction of sp³-hybridized carbons (Fsp3) is 0.377. The summed E-state index contributed by atoms with van der Waals surface area (Å²) < 4.78 is 18.7. The van der Waals surface area contributed by atoms with E-state index in [1.807, 2.05) is 88.9 Å². The van der Waals surface area contributed by atoms with E-state index in [-0.39, 0.29) is 53.3 Å². The number of benzene rings is 2. The van der Waals surface area contributed by atoms with Crippen molar-refractivity contribution in [2.45, 2.75) is 80.2 Å². The molecular weight excluding hydrogens is 1130 g/mol. The van der Waals surface area contributed by atoms with Gasteiger partial charge >= 0.3 is 5.97 Å². The number of nitriles is 2. The number of aliphatic carboxylic acids is 1. The number of ether oxygens (including phenoxy) is 3. The molecule has 0 aliphatic heterocycles. The predicted molar refractivity (Wildman–Crippen MR) is 341 cm³/mol. The number of para-hydroxylation sites is 1. The Morgan fingerprint density at radius 3 is 1.94 bits per heavy atom. The number of hydrogen-bond donors (Lipinski definition) is 6. The van der Waals surface area contributed by atoms with Gasteiger partial charge in [0.1, 0.15) is 17.2 Å². The number of rotatable bonds is 30. The summed E-state index contributed by atoms with van der Waals surface area (Å²) in [6, 6.07) is 23.3. The van der Waals surface area contributed by atoms with E-state index in [0.29, 0.717) is 110 Å². The summed E-state index contributed by atoms with van der Waals surface area (Å²) in [6.45, 7) is 25.7. The summed E-state index contributed by atoms with van der Waals surface area (Å²) in [5.74, 6) is 2.01. The topological polar surface area (TPSA) is 343 Å². The SMILES string of the molecule is CCc1c(C#N)c(N=Nc2c(NCCC(=O)O)nc(N(CC)CC)nc2NC(C)COC)nn1-c1ccc2ccccc2n1.[C-]#[N+]c1c(C#N)c(N=Nc2c(NCCCOC)nc(Nc3c(C)cc(C)cc3C)nc2NCCCOC)nn1-c1cccnc1. The fourth-order valence-electron chi connectivity index (χ4n) is 9.25. The minimum absolute atomic E-state index is 0.00802. The van der Waals surface area contributed by atoms with E-state index in [2.05, 4.69) is 97.2 Å². The van der Waals surface area contributed by atoms with Gasteiger partial charge in [-0.05, 0) is 102 Å². The number of carboxylic acids is 1. The monoisotopic (exact) mass is 1210 g/mol. The van der Waals surface area contributed by atoms with Crippen molar-refractivity contribution in [1.29, 1.82) is 10.5 Å². The predicted octanol–water partition coefficient (Wildman–Crippen LogP) is 11.7. The number of nitrogens with zero attached hydrogens (tertiary/aromatic N) is 18. The largest absolute Gasteiger partial charge is 0.481 e. The molecule has 0 bridgehead atoms. The minimum atomic E-state index is -0.954. The molecule has 0 aliphatic rings. The maximum Gasteiger partial charge on any atom is 0.305 e. The number of pyridine rings is 2. The standard InChI is InChI=1S/C31H36N12O2.C30H37N11O3/c1-20-16-21(2)25(22(3)17-20)37-31-38-28(35-12-8-14-44-5)26(29(39-31)36-13-9-15-45-6)40-41-27-24(18-32)30(33-4)43(42-27)23-10-7-11-34-19-23;1-6-23-21(17-31)27(39-41(23)24-14-13-20-11-9-10-12-22(20)34-24)38-37-26-28(32-16-15-25(42)43)35-30(40(7-2)8-3)36-29(26)33-19(4)18-44-5/h7,10-11,16-17,19H,8-9,12-15H2,1-3,5-6H3,(H3,35,36,37,38,39);9-14,19H,6-8,15-16,18H2,1-5H3,(H,42,43)(H2,32,33,35,36). The van der Waals surface area contributed by atoms with Crippen LogP contribution in [0.2, 0.25) is 0 Å². The third-order valence-corrected chi connectivity index (χ3v) is 13.4. The highest BCUT2D eigenvalue weighted by Gasteiger charge is 2.25. The maximum atomic E-state index is 11.3. The van der Waals surface area contributed by atoms with Crippen LogP contribution in [0.1, 0.15) is 80.5 Å². The lowest BCUT2D eigenvalue weighted by atomic mass is 10.1. The molecule has 1 unspecified atom stereocenters. The van der Waals surface area contributed by atoms with Gasteiger partial charge in [0.25, 0.3) is 5.82 Å². The highest BCUT2D eigenvalue weighted by atomic mass is 16.5. The van der Waals surface area contributed by atoms with Gasteiger partial charge in [0.15, 0.2) is 46.2 Å². The van der Waals surface area contributed by atoms with Crippen molar-refractivity contribution in [2.75, 3.05) is 105 Å². The second kappa shape index (κ2) is 32.8. The molecule has 0 saturated carbocycles. The molecule has 1 atom stereocenters. The Hall–Kier alpha value is -10.6. The van der Waals surface area contributed by atoms with Gasteiger partial charge in [-0.2, -0.15) is 35.1 Å². The van der Waals surface area contributed by atoms with Gasteiger partial charge in [0, 0.05) is 90.6 Å². The van der Waals surface area contributed by atoms with Crippen molar-refractivity contribution >= 4 is 86.6 Å². The van der Waals surface area contributed by atoms with E-state index in [1.165, 1.54) is 4.68 Å². The average Bonchev–Trinajstić information content (AvgIpc) is 2.16. The molecule has 8 rings (SSSR count). The first-order chi connectivity index (χ1) is 43.2. The first kappa shape index (κ1) is 65.9. The Balaban J connectivity index is 0.000000254. The molecule has 6 heterocycles. The van der Waals surface area contributed by atoms with Crippen LogP contribution in [0.25, 0.3) is 27.3 Å². The van der Waals surface area contributed by atoms with Crippen LogP contribution in [0.4, 0.5) is 69.7 Å². The molecule has 0 aliphatic carbocycles. The van der Waals surface area contributed by atoms with Crippen LogP contribution in [0.3, 0.4) is 0 Å². The zero-order chi connectivity index (χ0) is 63.8. The second-order valence-corrected chi connectivity index (χ2v) is 20.0. The minimum Gasteiger partial charge on any atom is -0.481 e.